The fourth-order valence-electron chi connectivity index (χ4n) is 2.01. The number of benzene rings is 1. The Morgan fingerprint density at radius 1 is 1.09 bits per heavy atom. The average Bonchev–Trinajstić information content (AvgIpc) is 2.53. The zero-order chi connectivity index (χ0) is 15.9. The van der Waals surface area contributed by atoms with E-state index in [1.54, 1.807) is 24.4 Å². The predicted octanol–water partition coefficient (Wildman–Crippen LogP) is 2.46. The first-order valence-electron chi connectivity index (χ1n) is 7.15. The van der Waals surface area contributed by atoms with E-state index in [4.69, 9.17) is 0 Å². The highest BCUT2D eigenvalue weighted by atomic mass is 16.2. The maximum Gasteiger partial charge on any atom is 0.315 e. The van der Waals surface area contributed by atoms with Gasteiger partial charge in [-0.15, -0.1) is 0 Å². The lowest BCUT2D eigenvalue weighted by atomic mass is 10.2. The van der Waals surface area contributed by atoms with E-state index in [-0.39, 0.29) is 6.04 Å². The van der Waals surface area contributed by atoms with Gasteiger partial charge in [0.25, 0.3) is 0 Å². The van der Waals surface area contributed by atoms with Crippen molar-refractivity contribution in [1.82, 2.24) is 9.88 Å². The summed E-state index contributed by atoms with van der Waals surface area (Å²) in [4.78, 5) is 30.0. The van der Waals surface area contributed by atoms with Gasteiger partial charge in [0.05, 0.1) is 0 Å². The molecule has 0 spiro atoms. The molecule has 0 radical (unpaired) electrons. The Kier molecular flexibility index (Phi) is 5.25. The van der Waals surface area contributed by atoms with Crippen molar-refractivity contribution >= 4 is 17.6 Å². The van der Waals surface area contributed by atoms with Crippen molar-refractivity contribution in [2.24, 2.45) is 0 Å². The maximum absolute atomic E-state index is 12.4. The normalized spacial score (nSPS) is 10.3. The van der Waals surface area contributed by atoms with E-state index in [2.05, 4.69) is 10.3 Å². The molecule has 0 atom stereocenters. The Hall–Kier alpha value is -2.69. The Balaban J connectivity index is 2.07. The lowest BCUT2D eigenvalue weighted by molar-refractivity contribution is -0.144. The highest BCUT2D eigenvalue weighted by Crippen LogP contribution is 2.10. The minimum atomic E-state index is -0.677. The van der Waals surface area contributed by atoms with Crippen LogP contribution in [0.15, 0.2) is 54.7 Å². The number of carbonyl (C=O) groups is 2. The summed E-state index contributed by atoms with van der Waals surface area (Å²) in [5, 5.41) is 2.52. The van der Waals surface area contributed by atoms with Crippen molar-refractivity contribution in [1.29, 1.82) is 0 Å². The van der Waals surface area contributed by atoms with Gasteiger partial charge in [0.1, 0.15) is 5.82 Å². The second-order valence-corrected chi connectivity index (χ2v) is 5.18. The molecule has 0 unspecified atom stereocenters. The van der Waals surface area contributed by atoms with Gasteiger partial charge in [0.15, 0.2) is 0 Å². The van der Waals surface area contributed by atoms with Crippen molar-refractivity contribution in [3.63, 3.8) is 0 Å². The number of hydrogen-bond donors (Lipinski definition) is 1. The predicted molar refractivity (Wildman–Crippen MR) is 85.0 cm³/mol. The SMILES string of the molecule is CC(C)N(Cc1ccccc1)C(=O)C(=O)Nc1ccccn1. The number of nitrogens with one attached hydrogen (secondary N) is 1. The third-order valence-electron chi connectivity index (χ3n) is 3.18. The van der Waals surface area contributed by atoms with Gasteiger partial charge < -0.3 is 10.2 Å². The van der Waals surface area contributed by atoms with E-state index < -0.39 is 11.8 Å². The summed E-state index contributed by atoms with van der Waals surface area (Å²) >= 11 is 0. The topological polar surface area (TPSA) is 62.3 Å². The molecule has 1 aromatic carbocycles. The van der Waals surface area contributed by atoms with Crippen molar-refractivity contribution < 1.29 is 9.59 Å². The second-order valence-electron chi connectivity index (χ2n) is 5.18. The number of anilines is 1. The van der Waals surface area contributed by atoms with E-state index in [1.807, 2.05) is 44.2 Å². The van der Waals surface area contributed by atoms with Crippen LogP contribution >= 0.6 is 0 Å². The van der Waals surface area contributed by atoms with Crippen LogP contribution in [0.25, 0.3) is 0 Å². The molecule has 0 fully saturated rings. The molecule has 0 saturated carbocycles. The molecular weight excluding hydrogens is 278 g/mol. The molecule has 5 heteroatoms. The van der Waals surface area contributed by atoms with Gasteiger partial charge >= 0.3 is 11.8 Å². The Bertz CT molecular complexity index is 627. The summed E-state index contributed by atoms with van der Waals surface area (Å²) in [6, 6.07) is 14.6. The maximum atomic E-state index is 12.4. The summed E-state index contributed by atoms with van der Waals surface area (Å²) < 4.78 is 0. The largest absolute Gasteiger partial charge is 0.328 e. The van der Waals surface area contributed by atoms with Crippen molar-refractivity contribution in [2.75, 3.05) is 5.32 Å². The molecule has 0 aliphatic rings. The molecule has 1 aromatic heterocycles. The van der Waals surface area contributed by atoms with Crippen LogP contribution in [0.4, 0.5) is 5.82 Å². The second kappa shape index (κ2) is 7.36. The number of hydrogen-bond acceptors (Lipinski definition) is 3. The van der Waals surface area contributed by atoms with E-state index >= 15 is 0 Å². The number of rotatable bonds is 4. The summed E-state index contributed by atoms with van der Waals surface area (Å²) in [6.07, 6.45) is 1.56. The molecule has 1 heterocycles. The van der Waals surface area contributed by atoms with Gasteiger partial charge in [-0.25, -0.2) is 4.98 Å². The monoisotopic (exact) mass is 297 g/mol. The molecule has 0 saturated heterocycles. The lowest BCUT2D eigenvalue weighted by Gasteiger charge is -2.26. The standard InChI is InChI=1S/C17H19N3O2/c1-13(2)20(12-14-8-4-3-5-9-14)17(22)16(21)19-15-10-6-7-11-18-15/h3-11,13H,12H2,1-2H3,(H,18,19,21). The molecule has 2 rings (SSSR count). The number of nitrogens with zero attached hydrogens (tertiary/aromatic N) is 2. The van der Waals surface area contributed by atoms with Crippen LogP contribution in [-0.4, -0.2) is 27.7 Å². The molecule has 2 amide bonds. The summed E-state index contributed by atoms with van der Waals surface area (Å²) in [6.45, 7) is 4.16. The van der Waals surface area contributed by atoms with Crippen LogP contribution in [0.3, 0.4) is 0 Å². The molecule has 22 heavy (non-hydrogen) atoms. The van der Waals surface area contributed by atoms with Crippen molar-refractivity contribution in [3.05, 3.63) is 60.3 Å². The molecular formula is C17H19N3O2. The Morgan fingerprint density at radius 2 is 1.77 bits per heavy atom. The first kappa shape index (κ1) is 15.7. The van der Waals surface area contributed by atoms with Gasteiger partial charge in [-0.3, -0.25) is 9.59 Å². The quantitative estimate of drug-likeness (QED) is 0.882. The number of carbonyl (C=O) groups excluding carboxylic acids is 2. The molecule has 1 N–H and O–H groups in total. The number of aromatic nitrogens is 1. The summed E-state index contributed by atoms with van der Waals surface area (Å²) in [5.74, 6) is -0.878. The Morgan fingerprint density at radius 3 is 2.36 bits per heavy atom. The van der Waals surface area contributed by atoms with Gasteiger partial charge in [-0.2, -0.15) is 0 Å². The van der Waals surface area contributed by atoms with E-state index in [9.17, 15) is 9.59 Å². The first-order chi connectivity index (χ1) is 10.6. The highest BCUT2D eigenvalue weighted by molar-refractivity contribution is 6.39. The van der Waals surface area contributed by atoms with Crippen LogP contribution < -0.4 is 5.32 Å². The minimum Gasteiger partial charge on any atom is -0.328 e. The van der Waals surface area contributed by atoms with Crippen LogP contribution in [0.1, 0.15) is 19.4 Å². The third kappa shape index (κ3) is 4.15. The molecule has 0 bridgehead atoms. The van der Waals surface area contributed by atoms with Gasteiger partial charge in [-0.05, 0) is 31.5 Å². The van der Waals surface area contributed by atoms with Crippen LogP contribution in [0.2, 0.25) is 0 Å². The summed E-state index contributed by atoms with van der Waals surface area (Å²) in [7, 11) is 0. The zero-order valence-electron chi connectivity index (χ0n) is 12.7. The van der Waals surface area contributed by atoms with Gasteiger partial charge in [0.2, 0.25) is 0 Å². The first-order valence-corrected chi connectivity index (χ1v) is 7.15. The number of pyridine rings is 1. The molecule has 2 aromatic rings. The highest BCUT2D eigenvalue weighted by Gasteiger charge is 2.24. The van der Waals surface area contributed by atoms with Crippen LogP contribution in [0.5, 0.6) is 0 Å². The molecule has 0 aliphatic carbocycles. The van der Waals surface area contributed by atoms with Gasteiger partial charge in [-0.1, -0.05) is 36.4 Å². The average molecular weight is 297 g/mol. The van der Waals surface area contributed by atoms with Gasteiger partial charge in [0, 0.05) is 18.8 Å². The van der Waals surface area contributed by atoms with Crippen LogP contribution in [0, 0.1) is 0 Å². The van der Waals surface area contributed by atoms with E-state index in [0.717, 1.165) is 5.56 Å². The molecule has 5 nitrogen and oxygen atoms in total. The zero-order valence-corrected chi connectivity index (χ0v) is 12.7. The van der Waals surface area contributed by atoms with E-state index in [0.29, 0.717) is 12.4 Å². The van der Waals surface area contributed by atoms with Crippen molar-refractivity contribution in [2.45, 2.75) is 26.4 Å². The molecule has 0 aliphatic heterocycles. The lowest BCUT2D eigenvalue weighted by Crippen LogP contribution is -2.43. The Labute approximate surface area is 130 Å². The molecule has 114 valence electrons. The summed E-state index contributed by atoms with van der Waals surface area (Å²) in [5.41, 5.74) is 0.982. The van der Waals surface area contributed by atoms with Crippen LogP contribution in [-0.2, 0) is 16.1 Å². The van der Waals surface area contributed by atoms with E-state index in [1.165, 1.54) is 4.90 Å². The minimum absolute atomic E-state index is 0.0813. The van der Waals surface area contributed by atoms with Crippen molar-refractivity contribution in [3.8, 4) is 0 Å². The smallest absolute Gasteiger partial charge is 0.315 e. The number of amides is 2. The fourth-order valence-corrected chi connectivity index (χ4v) is 2.01. The third-order valence-corrected chi connectivity index (χ3v) is 3.18. The fraction of sp³-hybridized carbons (Fsp3) is 0.235.